The van der Waals surface area contributed by atoms with Gasteiger partial charge in [0, 0.05) is 15.8 Å². The molecular formula is C26H23ClN4O4. The van der Waals surface area contributed by atoms with Crippen LogP contribution in [0.15, 0.2) is 65.6 Å². The maximum atomic E-state index is 13.1. The molecule has 0 aliphatic carbocycles. The SMILES string of the molecule is COc1cc(Cn2cc(Cn3c4ccccc4c(=O)c4cc(Cl)ccc43)nn2)cc(OC)c1OC. The lowest BCUT2D eigenvalue weighted by Gasteiger charge is -2.14. The monoisotopic (exact) mass is 490 g/mol. The van der Waals surface area contributed by atoms with Crippen LogP contribution >= 0.6 is 11.6 Å². The minimum absolute atomic E-state index is 0.0413. The molecule has 178 valence electrons. The quantitative estimate of drug-likeness (QED) is 0.312. The first-order valence-corrected chi connectivity index (χ1v) is 11.3. The van der Waals surface area contributed by atoms with Crippen LogP contribution in [-0.2, 0) is 13.1 Å². The molecule has 2 aromatic heterocycles. The Morgan fingerprint density at radius 1 is 0.857 bits per heavy atom. The number of benzene rings is 3. The third-order valence-corrected chi connectivity index (χ3v) is 6.14. The Bertz CT molecular complexity index is 1580. The molecule has 0 aliphatic heterocycles. The summed E-state index contributed by atoms with van der Waals surface area (Å²) in [6.45, 7) is 0.902. The number of hydrogen-bond donors (Lipinski definition) is 0. The van der Waals surface area contributed by atoms with E-state index in [9.17, 15) is 4.79 Å². The molecule has 0 bridgehead atoms. The van der Waals surface area contributed by atoms with Gasteiger partial charge in [0.15, 0.2) is 16.9 Å². The van der Waals surface area contributed by atoms with Crippen molar-refractivity contribution in [2.24, 2.45) is 0 Å². The van der Waals surface area contributed by atoms with Gasteiger partial charge < -0.3 is 18.8 Å². The van der Waals surface area contributed by atoms with E-state index in [4.69, 9.17) is 25.8 Å². The van der Waals surface area contributed by atoms with E-state index >= 15 is 0 Å². The third-order valence-electron chi connectivity index (χ3n) is 5.91. The van der Waals surface area contributed by atoms with Crippen LogP contribution in [0.1, 0.15) is 11.3 Å². The zero-order valence-corrected chi connectivity index (χ0v) is 20.2. The minimum Gasteiger partial charge on any atom is -0.493 e. The van der Waals surface area contributed by atoms with E-state index in [1.165, 1.54) is 0 Å². The van der Waals surface area contributed by atoms with Gasteiger partial charge in [0.1, 0.15) is 5.69 Å². The lowest BCUT2D eigenvalue weighted by molar-refractivity contribution is 0.323. The molecular weight excluding hydrogens is 468 g/mol. The van der Waals surface area contributed by atoms with Crippen molar-refractivity contribution in [2.75, 3.05) is 21.3 Å². The summed E-state index contributed by atoms with van der Waals surface area (Å²) in [6, 6.07) is 16.7. The van der Waals surface area contributed by atoms with Crippen LogP contribution in [0.3, 0.4) is 0 Å². The summed E-state index contributed by atoms with van der Waals surface area (Å²) in [4.78, 5) is 13.1. The highest BCUT2D eigenvalue weighted by Gasteiger charge is 2.15. The molecule has 0 spiro atoms. The number of methoxy groups -OCH3 is 3. The molecule has 3 aromatic carbocycles. The van der Waals surface area contributed by atoms with Gasteiger partial charge in [-0.1, -0.05) is 28.9 Å². The number of rotatable bonds is 7. The van der Waals surface area contributed by atoms with Crippen LogP contribution in [0, 0.1) is 0 Å². The van der Waals surface area contributed by atoms with Crippen LogP contribution in [0.25, 0.3) is 21.8 Å². The van der Waals surface area contributed by atoms with E-state index in [1.54, 1.807) is 38.1 Å². The number of pyridine rings is 1. The zero-order valence-electron chi connectivity index (χ0n) is 19.5. The average molecular weight is 491 g/mol. The topological polar surface area (TPSA) is 80.4 Å². The number of fused-ring (bicyclic) bond motifs is 2. The molecule has 0 saturated carbocycles. The molecule has 0 fully saturated rings. The first-order valence-electron chi connectivity index (χ1n) is 10.9. The Morgan fingerprint density at radius 3 is 2.29 bits per heavy atom. The lowest BCUT2D eigenvalue weighted by atomic mass is 10.1. The molecule has 0 aliphatic rings. The maximum absolute atomic E-state index is 13.1. The number of nitrogens with zero attached hydrogens (tertiary/aromatic N) is 4. The highest BCUT2D eigenvalue weighted by Crippen LogP contribution is 2.38. The van der Waals surface area contributed by atoms with Crippen molar-refractivity contribution < 1.29 is 14.2 Å². The van der Waals surface area contributed by atoms with Gasteiger partial charge in [-0.05, 0) is 48.0 Å². The van der Waals surface area contributed by atoms with Gasteiger partial charge >= 0.3 is 0 Å². The maximum Gasteiger partial charge on any atom is 0.203 e. The van der Waals surface area contributed by atoms with Gasteiger partial charge in [-0.3, -0.25) is 4.79 Å². The van der Waals surface area contributed by atoms with E-state index in [1.807, 2.05) is 48.7 Å². The van der Waals surface area contributed by atoms with Crippen LogP contribution in [0.2, 0.25) is 5.02 Å². The summed E-state index contributed by atoms with van der Waals surface area (Å²) in [6.07, 6.45) is 1.89. The molecule has 35 heavy (non-hydrogen) atoms. The summed E-state index contributed by atoms with van der Waals surface area (Å²) in [7, 11) is 4.74. The number of aromatic nitrogens is 4. The Kier molecular flexibility index (Phi) is 6.05. The number of hydrogen-bond acceptors (Lipinski definition) is 6. The minimum atomic E-state index is -0.0413. The highest BCUT2D eigenvalue weighted by atomic mass is 35.5. The fourth-order valence-corrected chi connectivity index (χ4v) is 4.51. The molecule has 0 amide bonds. The van der Waals surface area contributed by atoms with Crippen molar-refractivity contribution in [2.45, 2.75) is 13.1 Å². The van der Waals surface area contributed by atoms with Crippen molar-refractivity contribution in [3.05, 3.63) is 87.3 Å². The van der Waals surface area contributed by atoms with E-state index < -0.39 is 0 Å². The fourth-order valence-electron chi connectivity index (χ4n) is 4.34. The second-order valence-electron chi connectivity index (χ2n) is 8.03. The summed E-state index contributed by atoms with van der Waals surface area (Å²) < 4.78 is 20.1. The first-order chi connectivity index (χ1) is 17.0. The van der Waals surface area contributed by atoms with Gasteiger partial charge in [0.05, 0.1) is 51.6 Å². The van der Waals surface area contributed by atoms with E-state index in [0.29, 0.717) is 46.1 Å². The van der Waals surface area contributed by atoms with Crippen LogP contribution < -0.4 is 19.6 Å². The second-order valence-corrected chi connectivity index (χ2v) is 8.47. The molecule has 5 rings (SSSR count). The summed E-state index contributed by atoms with van der Waals surface area (Å²) in [5, 5.41) is 10.4. The average Bonchev–Trinajstić information content (AvgIpc) is 3.32. The molecule has 0 atom stereocenters. The number of halogens is 1. The van der Waals surface area contributed by atoms with Crippen molar-refractivity contribution in [1.82, 2.24) is 19.6 Å². The second kappa shape index (κ2) is 9.31. The number of ether oxygens (including phenoxy) is 3. The summed E-state index contributed by atoms with van der Waals surface area (Å²) >= 11 is 6.20. The van der Waals surface area contributed by atoms with Gasteiger partial charge in [-0.2, -0.15) is 0 Å². The van der Waals surface area contributed by atoms with Crippen molar-refractivity contribution in [3.8, 4) is 17.2 Å². The molecule has 0 unspecified atom stereocenters. The van der Waals surface area contributed by atoms with Gasteiger partial charge in [0.25, 0.3) is 0 Å². The van der Waals surface area contributed by atoms with Crippen molar-refractivity contribution in [3.63, 3.8) is 0 Å². The summed E-state index contributed by atoms with van der Waals surface area (Å²) in [5.41, 5.74) is 3.25. The highest BCUT2D eigenvalue weighted by molar-refractivity contribution is 6.31. The van der Waals surface area contributed by atoms with E-state index in [2.05, 4.69) is 14.9 Å². The standard InChI is InChI=1S/C26H23ClN4O4/c1-33-23-10-16(11-24(34-2)26(23)35-3)13-30-14-18(28-29-30)15-31-21-7-5-4-6-19(21)25(32)20-12-17(27)8-9-22(20)31/h4-12,14H,13,15H2,1-3H3. The van der Waals surface area contributed by atoms with E-state index in [0.717, 1.165) is 22.3 Å². The Labute approximate surface area is 206 Å². The normalized spacial score (nSPS) is 11.2. The molecule has 0 saturated heterocycles. The predicted molar refractivity (Wildman–Crippen MR) is 135 cm³/mol. The Morgan fingerprint density at radius 2 is 1.57 bits per heavy atom. The summed E-state index contributed by atoms with van der Waals surface area (Å²) in [5.74, 6) is 1.69. The van der Waals surface area contributed by atoms with E-state index in [-0.39, 0.29) is 5.43 Å². The lowest BCUT2D eigenvalue weighted by Crippen LogP contribution is -2.12. The molecule has 2 heterocycles. The van der Waals surface area contributed by atoms with Gasteiger partial charge in [0.2, 0.25) is 5.75 Å². The van der Waals surface area contributed by atoms with Crippen molar-refractivity contribution >= 4 is 33.4 Å². The molecule has 8 nitrogen and oxygen atoms in total. The van der Waals surface area contributed by atoms with Gasteiger partial charge in [-0.15, -0.1) is 5.10 Å². The fraction of sp³-hybridized carbons (Fsp3) is 0.192. The van der Waals surface area contributed by atoms with Gasteiger partial charge in [-0.25, -0.2) is 4.68 Å². The first kappa shape index (κ1) is 22.7. The Balaban J connectivity index is 1.52. The Hall–Kier alpha value is -4.04. The molecule has 5 aromatic rings. The van der Waals surface area contributed by atoms with Crippen LogP contribution in [0.4, 0.5) is 0 Å². The smallest absolute Gasteiger partial charge is 0.203 e. The molecule has 0 radical (unpaired) electrons. The van der Waals surface area contributed by atoms with Crippen LogP contribution in [0.5, 0.6) is 17.2 Å². The predicted octanol–water partition coefficient (Wildman–Crippen LogP) is 4.52. The number of para-hydroxylation sites is 1. The largest absolute Gasteiger partial charge is 0.493 e. The zero-order chi connectivity index (χ0) is 24.5. The molecule has 9 heteroatoms. The third kappa shape index (κ3) is 4.17. The van der Waals surface area contributed by atoms with Crippen molar-refractivity contribution in [1.29, 1.82) is 0 Å². The molecule has 0 N–H and O–H groups in total. The van der Waals surface area contributed by atoms with Crippen LogP contribution in [-0.4, -0.2) is 40.9 Å².